The molecule has 0 aliphatic heterocycles. The number of nitrogens with one attached hydrogen (secondary N) is 1. The van der Waals surface area contributed by atoms with Gasteiger partial charge in [0.15, 0.2) is 0 Å². The van der Waals surface area contributed by atoms with Crippen molar-refractivity contribution in [1.29, 1.82) is 0 Å². The Labute approximate surface area is 111 Å². The first-order chi connectivity index (χ1) is 7.95. The van der Waals surface area contributed by atoms with E-state index in [1.807, 2.05) is 26.0 Å². The van der Waals surface area contributed by atoms with Crippen LogP contribution in [0.25, 0.3) is 0 Å². The summed E-state index contributed by atoms with van der Waals surface area (Å²) in [5.74, 6) is -0.672. The minimum atomic E-state index is -0.457. The van der Waals surface area contributed by atoms with Crippen LogP contribution in [0.3, 0.4) is 0 Å². The summed E-state index contributed by atoms with van der Waals surface area (Å²) in [7, 11) is 0. The topological polar surface area (TPSA) is 55.1 Å². The van der Waals surface area contributed by atoms with E-state index in [1.165, 1.54) is 0 Å². The van der Waals surface area contributed by atoms with Gasteiger partial charge in [-0.1, -0.05) is 36.8 Å². The van der Waals surface area contributed by atoms with Crippen LogP contribution in [0.1, 0.15) is 18.9 Å². The minimum Gasteiger partial charge on any atom is -0.393 e. The lowest BCUT2D eigenvalue weighted by Gasteiger charge is -2.14. The van der Waals surface area contributed by atoms with Gasteiger partial charge in [-0.2, -0.15) is 0 Å². The second-order valence-electron chi connectivity index (χ2n) is 3.84. The van der Waals surface area contributed by atoms with Crippen LogP contribution in [-0.2, 0) is 4.79 Å². The van der Waals surface area contributed by atoms with Gasteiger partial charge in [0.2, 0.25) is 5.91 Å². The molecule has 1 amide bonds. The summed E-state index contributed by atoms with van der Waals surface area (Å²) < 4.78 is 0. The third-order valence-corrected chi connectivity index (χ3v) is 3.06. The number of carbonyl (C=O) groups excluding carboxylic acids is 1. The number of anilines is 1. The van der Waals surface area contributed by atoms with Crippen molar-refractivity contribution in [3.63, 3.8) is 0 Å². The molecule has 3 N–H and O–H groups in total. The molecule has 0 saturated heterocycles. The van der Waals surface area contributed by atoms with Gasteiger partial charge in [0.1, 0.15) is 0 Å². The predicted octanol–water partition coefficient (Wildman–Crippen LogP) is 2.90. The van der Waals surface area contributed by atoms with E-state index in [0.717, 1.165) is 5.56 Å². The maximum Gasteiger partial charge on any atom is 0.234 e. The van der Waals surface area contributed by atoms with Crippen molar-refractivity contribution < 1.29 is 4.79 Å². The van der Waals surface area contributed by atoms with Crippen LogP contribution in [0.5, 0.6) is 0 Å². The molecule has 5 heteroatoms. The van der Waals surface area contributed by atoms with Gasteiger partial charge in [-0.3, -0.25) is 4.79 Å². The molecule has 0 bridgehead atoms. The van der Waals surface area contributed by atoms with Crippen LogP contribution in [0.15, 0.2) is 18.2 Å². The molecule has 1 rings (SSSR count). The molecule has 1 aromatic carbocycles. The standard InChI is InChI=1S/C12H15ClN2OS/c1-3-8(11(14)17)12(16)15-10-6-7(2)4-5-9(10)13/h4-6,8H,3H2,1-2H3,(H2,14,17)(H,15,16). The largest absolute Gasteiger partial charge is 0.393 e. The Morgan fingerprint density at radius 1 is 1.59 bits per heavy atom. The smallest absolute Gasteiger partial charge is 0.234 e. The zero-order valence-electron chi connectivity index (χ0n) is 9.79. The molecule has 0 spiro atoms. The molecule has 0 heterocycles. The Bertz CT molecular complexity index is 448. The summed E-state index contributed by atoms with van der Waals surface area (Å²) in [5.41, 5.74) is 7.12. The molecule has 1 aromatic rings. The number of thiocarbonyl (C=S) groups is 1. The molecule has 0 fully saturated rings. The van der Waals surface area contributed by atoms with Crippen molar-refractivity contribution in [3.8, 4) is 0 Å². The first kappa shape index (κ1) is 13.9. The fourth-order valence-corrected chi connectivity index (χ4v) is 1.91. The van der Waals surface area contributed by atoms with Gasteiger partial charge < -0.3 is 11.1 Å². The van der Waals surface area contributed by atoms with E-state index in [2.05, 4.69) is 5.32 Å². The highest BCUT2D eigenvalue weighted by molar-refractivity contribution is 7.80. The molecule has 0 aromatic heterocycles. The molecule has 3 nitrogen and oxygen atoms in total. The van der Waals surface area contributed by atoms with Gasteiger partial charge >= 0.3 is 0 Å². The number of halogens is 1. The van der Waals surface area contributed by atoms with E-state index in [0.29, 0.717) is 17.1 Å². The number of hydrogen-bond acceptors (Lipinski definition) is 2. The summed E-state index contributed by atoms with van der Waals surface area (Å²) in [5, 5.41) is 3.25. The fraction of sp³-hybridized carbons (Fsp3) is 0.333. The average Bonchev–Trinajstić information content (AvgIpc) is 2.24. The highest BCUT2D eigenvalue weighted by Crippen LogP contribution is 2.23. The molecule has 0 saturated carbocycles. The van der Waals surface area contributed by atoms with Crippen molar-refractivity contribution in [2.24, 2.45) is 11.7 Å². The zero-order chi connectivity index (χ0) is 13.0. The number of benzene rings is 1. The molecule has 17 heavy (non-hydrogen) atoms. The summed E-state index contributed by atoms with van der Waals surface area (Å²) in [6.45, 7) is 3.79. The van der Waals surface area contributed by atoms with Crippen molar-refractivity contribution in [1.82, 2.24) is 0 Å². The number of aryl methyl sites for hydroxylation is 1. The number of amides is 1. The molecular formula is C12H15ClN2OS. The second kappa shape index (κ2) is 5.98. The Balaban J connectivity index is 2.87. The quantitative estimate of drug-likeness (QED) is 0.827. The maximum absolute atomic E-state index is 11.9. The van der Waals surface area contributed by atoms with E-state index in [-0.39, 0.29) is 10.9 Å². The third kappa shape index (κ3) is 3.68. The van der Waals surface area contributed by atoms with E-state index < -0.39 is 5.92 Å². The van der Waals surface area contributed by atoms with E-state index in [4.69, 9.17) is 29.6 Å². The summed E-state index contributed by atoms with van der Waals surface area (Å²) in [6.07, 6.45) is 0.574. The normalized spacial score (nSPS) is 11.9. The minimum absolute atomic E-state index is 0.203. The highest BCUT2D eigenvalue weighted by Gasteiger charge is 2.19. The number of rotatable bonds is 4. The molecule has 1 unspecified atom stereocenters. The van der Waals surface area contributed by atoms with Gasteiger partial charge in [0.25, 0.3) is 0 Å². The SMILES string of the molecule is CCC(C(=O)Nc1cc(C)ccc1Cl)C(N)=S. The average molecular weight is 271 g/mol. The summed E-state index contributed by atoms with van der Waals surface area (Å²) >= 11 is 10.8. The van der Waals surface area contributed by atoms with Crippen LogP contribution in [0, 0.1) is 12.8 Å². The Kier molecular flexibility index (Phi) is 4.90. The van der Waals surface area contributed by atoms with Crippen LogP contribution >= 0.6 is 23.8 Å². The maximum atomic E-state index is 11.9. The highest BCUT2D eigenvalue weighted by atomic mass is 35.5. The second-order valence-corrected chi connectivity index (χ2v) is 4.71. The third-order valence-electron chi connectivity index (χ3n) is 2.45. The molecule has 92 valence electrons. The van der Waals surface area contributed by atoms with E-state index in [1.54, 1.807) is 6.07 Å². The van der Waals surface area contributed by atoms with Crippen LogP contribution in [0.2, 0.25) is 5.02 Å². The Morgan fingerprint density at radius 3 is 2.76 bits per heavy atom. The van der Waals surface area contributed by atoms with Gasteiger partial charge in [-0.15, -0.1) is 0 Å². The van der Waals surface area contributed by atoms with E-state index in [9.17, 15) is 4.79 Å². The number of nitrogens with two attached hydrogens (primary N) is 1. The fourth-order valence-electron chi connectivity index (χ4n) is 1.47. The van der Waals surface area contributed by atoms with Crippen LogP contribution in [0.4, 0.5) is 5.69 Å². The lowest BCUT2D eigenvalue weighted by Crippen LogP contribution is -2.32. The molecule has 1 atom stereocenters. The lowest BCUT2D eigenvalue weighted by atomic mass is 10.1. The van der Waals surface area contributed by atoms with Crippen molar-refractivity contribution in [2.75, 3.05) is 5.32 Å². The first-order valence-corrected chi connectivity index (χ1v) is 6.10. The monoisotopic (exact) mass is 270 g/mol. The van der Waals surface area contributed by atoms with Crippen LogP contribution < -0.4 is 11.1 Å². The Hall–Kier alpha value is -1.13. The summed E-state index contributed by atoms with van der Waals surface area (Å²) in [6, 6.07) is 5.43. The van der Waals surface area contributed by atoms with Crippen molar-refractivity contribution in [3.05, 3.63) is 28.8 Å². The first-order valence-electron chi connectivity index (χ1n) is 5.32. The van der Waals surface area contributed by atoms with Crippen molar-refractivity contribution in [2.45, 2.75) is 20.3 Å². The van der Waals surface area contributed by atoms with Gasteiger partial charge in [0.05, 0.1) is 21.6 Å². The van der Waals surface area contributed by atoms with Gasteiger partial charge in [-0.05, 0) is 31.0 Å². The molecular weight excluding hydrogens is 256 g/mol. The molecule has 0 aliphatic rings. The number of hydrogen-bond donors (Lipinski definition) is 2. The lowest BCUT2D eigenvalue weighted by molar-refractivity contribution is -0.118. The summed E-state index contributed by atoms with van der Waals surface area (Å²) in [4.78, 5) is 12.1. The van der Waals surface area contributed by atoms with Crippen LogP contribution in [-0.4, -0.2) is 10.9 Å². The molecule has 0 aliphatic carbocycles. The van der Waals surface area contributed by atoms with Gasteiger partial charge in [-0.25, -0.2) is 0 Å². The van der Waals surface area contributed by atoms with Crippen molar-refractivity contribution >= 4 is 40.4 Å². The number of carbonyl (C=O) groups is 1. The van der Waals surface area contributed by atoms with Gasteiger partial charge in [0, 0.05) is 0 Å². The Morgan fingerprint density at radius 2 is 2.24 bits per heavy atom. The predicted molar refractivity (Wildman–Crippen MR) is 75.4 cm³/mol. The van der Waals surface area contributed by atoms with E-state index >= 15 is 0 Å². The zero-order valence-corrected chi connectivity index (χ0v) is 11.4. The molecule has 0 radical (unpaired) electrons.